The number of primary amides is 1. The second-order valence-electron chi connectivity index (χ2n) is 2.32. The van der Waals surface area contributed by atoms with Gasteiger partial charge in [-0.2, -0.15) is 0 Å². The van der Waals surface area contributed by atoms with Crippen LogP contribution in [0.2, 0.25) is 0 Å². The Morgan fingerprint density at radius 3 is 3.08 bits per heavy atom. The minimum absolute atomic E-state index is 0.373. The third kappa shape index (κ3) is 0.833. The summed E-state index contributed by atoms with van der Waals surface area (Å²) in [6, 6.07) is 0. The van der Waals surface area contributed by atoms with Gasteiger partial charge in [0.25, 0.3) is 5.91 Å². The lowest BCUT2D eigenvalue weighted by atomic mass is 10.2. The highest BCUT2D eigenvalue weighted by molar-refractivity contribution is 5.98. The van der Waals surface area contributed by atoms with E-state index in [-0.39, 0.29) is 0 Å². The normalized spacial score (nSPS) is 10.3. The Hall–Kier alpha value is -1.91. The lowest BCUT2D eigenvalue weighted by molar-refractivity contribution is 0.100. The molecule has 0 aliphatic carbocycles. The van der Waals surface area contributed by atoms with Crippen LogP contribution in [0.4, 0.5) is 0 Å². The van der Waals surface area contributed by atoms with E-state index in [9.17, 15) is 4.79 Å². The summed E-state index contributed by atoms with van der Waals surface area (Å²) in [7, 11) is 0. The van der Waals surface area contributed by atoms with Gasteiger partial charge in [0.2, 0.25) is 0 Å². The second-order valence-corrected chi connectivity index (χ2v) is 2.32. The molecule has 0 saturated carbocycles. The first-order valence-corrected chi connectivity index (χ1v) is 3.37. The highest BCUT2D eigenvalue weighted by atomic mass is 16.1. The fourth-order valence-corrected chi connectivity index (χ4v) is 1.03. The minimum atomic E-state index is -0.498. The smallest absolute Gasteiger partial charge is 0.252 e. The number of nitrogens with one attached hydrogen (secondary N) is 1. The molecule has 0 atom stereocenters. The van der Waals surface area contributed by atoms with Crippen LogP contribution in [0.1, 0.15) is 10.4 Å². The summed E-state index contributed by atoms with van der Waals surface area (Å²) in [6.07, 6.45) is 4.60. The third-order valence-electron chi connectivity index (χ3n) is 1.57. The van der Waals surface area contributed by atoms with Crippen molar-refractivity contribution in [3.05, 3.63) is 24.2 Å². The lowest BCUT2D eigenvalue weighted by Crippen LogP contribution is -2.11. The first kappa shape index (κ1) is 6.78. The zero-order valence-corrected chi connectivity index (χ0v) is 6.11. The van der Waals surface area contributed by atoms with Gasteiger partial charge in [0, 0.05) is 18.6 Å². The largest absolute Gasteiger partial charge is 0.365 e. The van der Waals surface area contributed by atoms with Gasteiger partial charge in [-0.05, 0) is 0 Å². The molecule has 2 rings (SSSR count). The number of hydrogen-bond donors (Lipinski definition) is 2. The number of carbonyl (C=O) groups is 1. The van der Waals surface area contributed by atoms with Crippen molar-refractivity contribution in [2.75, 3.05) is 0 Å². The SMILES string of the molecule is NC(=O)c1cnc2ncc[nH]c1-2. The van der Waals surface area contributed by atoms with E-state index in [0.29, 0.717) is 17.1 Å². The molecule has 2 aliphatic rings. The van der Waals surface area contributed by atoms with E-state index < -0.39 is 5.91 Å². The first-order chi connectivity index (χ1) is 5.79. The van der Waals surface area contributed by atoms with Crippen LogP contribution in [-0.2, 0) is 0 Å². The van der Waals surface area contributed by atoms with E-state index >= 15 is 0 Å². The molecule has 12 heavy (non-hydrogen) atoms. The van der Waals surface area contributed by atoms with Crippen LogP contribution in [0.25, 0.3) is 11.5 Å². The Morgan fingerprint density at radius 1 is 1.50 bits per heavy atom. The molecule has 0 aromatic rings. The Kier molecular flexibility index (Phi) is 1.30. The van der Waals surface area contributed by atoms with Gasteiger partial charge in [0.15, 0.2) is 5.82 Å². The summed E-state index contributed by atoms with van der Waals surface area (Å²) in [5.41, 5.74) is 6.06. The summed E-state index contributed by atoms with van der Waals surface area (Å²) < 4.78 is 0. The Bertz CT molecular complexity index is 394. The lowest BCUT2D eigenvalue weighted by Gasteiger charge is -1.96. The number of hydrogen-bond acceptors (Lipinski definition) is 3. The number of amides is 1. The second kappa shape index (κ2) is 2.30. The number of aromatic amines is 1. The predicted molar refractivity (Wildman–Crippen MR) is 41.5 cm³/mol. The molecule has 5 heteroatoms. The average molecular weight is 162 g/mol. The molecule has 2 aliphatic heterocycles. The van der Waals surface area contributed by atoms with Gasteiger partial charge in [-0.1, -0.05) is 0 Å². The molecule has 0 radical (unpaired) electrons. The van der Waals surface area contributed by atoms with Crippen LogP contribution in [0.5, 0.6) is 0 Å². The van der Waals surface area contributed by atoms with E-state index in [1.54, 1.807) is 12.4 Å². The van der Waals surface area contributed by atoms with Gasteiger partial charge in [0.05, 0.1) is 11.3 Å². The Balaban J connectivity index is 2.67. The van der Waals surface area contributed by atoms with Crippen LogP contribution >= 0.6 is 0 Å². The molecule has 2 heterocycles. The van der Waals surface area contributed by atoms with E-state index in [1.807, 2.05) is 0 Å². The fourth-order valence-electron chi connectivity index (χ4n) is 1.03. The van der Waals surface area contributed by atoms with Crippen LogP contribution in [0.15, 0.2) is 18.6 Å². The zero-order valence-electron chi connectivity index (χ0n) is 6.11. The maximum Gasteiger partial charge on any atom is 0.252 e. The van der Waals surface area contributed by atoms with Crippen LogP contribution < -0.4 is 5.73 Å². The first-order valence-electron chi connectivity index (χ1n) is 3.37. The summed E-state index contributed by atoms with van der Waals surface area (Å²) in [5, 5.41) is 0. The van der Waals surface area contributed by atoms with Gasteiger partial charge in [0.1, 0.15) is 0 Å². The maximum atomic E-state index is 10.8. The number of carbonyl (C=O) groups excluding carboxylic acids is 1. The van der Waals surface area contributed by atoms with Crippen LogP contribution in [0.3, 0.4) is 0 Å². The number of aromatic nitrogens is 3. The van der Waals surface area contributed by atoms with Crippen molar-refractivity contribution in [3.8, 4) is 11.5 Å². The van der Waals surface area contributed by atoms with E-state index in [0.717, 1.165) is 0 Å². The van der Waals surface area contributed by atoms with Crippen molar-refractivity contribution < 1.29 is 4.79 Å². The fraction of sp³-hybridized carbons (Fsp3) is 0. The molecular weight excluding hydrogens is 156 g/mol. The predicted octanol–water partition coefficient (Wildman–Crippen LogP) is 0.00840. The van der Waals surface area contributed by atoms with Crippen LogP contribution in [0, 0.1) is 0 Å². The topological polar surface area (TPSA) is 84.7 Å². The van der Waals surface area contributed by atoms with Gasteiger partial charge >= 0.3 is 0 Å². The molecule has 0 aromatic carbocycles. The van der Waals surface area contributed by atoms with E-state index in [2.05, 4.69) is 15.0 Å². The highest BCUT2D eigenvalue weighted by Crippen LogP contribution is 2.18. The molecule has 0 aromatic heterocycles. The molecule has 0 fully saturated rings. The van der Waals surface area contributed by atoms with Crippen molar-refractivity contribution >= 4 is 5.91 Å². The zero-order chi connectivity index (χ0) is 8.55. The molecular formula is C7H6N4O. The van der Waals surface area contributed by atoms with Gasteiger partial charge in [-0.15, -0.1) is 0 Å². The summed E-state index contributed by atoms with van der Waals surface area (Å²) in [4.78, 5) is 21.5. The Labute approximate surface area is 68.0 Å². The van der Waals surface area contributed by atoms with Crippen molar-refractivity contribution in [1.29, 1.82) is 0 Å². The van der Waals surface area contributed by atoms with Gasteiger partial charge < -0.3 is 10.7 Å². The molecule has 3 N–H and O–H groups in total. The number of rotatable bonds is 1. The number of fused-ring (bicyclic) bond motifs is 1. The van der Waals surface area contributed by atoms with Crippen molar-refractivity contribution in [1.82, 2.24) is 15.0 Å². The van der Waals surface area contributed by atoms with Crippen molar-refractivity contribution in [3.63, 3.8) is 0 Å². The molecule has 60 valence electrons. The molecule has 0 bridgehead atoms. The number of nitrogens with zero attached hydrogens (tertiary/aromatic N) is 2. The van der Waals surface area contributed by atoms with Gasteiger partial charge in [-0.3, -0.25) is 4.79 Å². The third-order valence-corrected chi connectivity index (χ3v) is 1.57. The van der Waals surface area contributed by atoms with E-state index in [1.165, 1.54) is 6.20 Å². The monoisotopic (exact) mass is 162 g/mol. The maximum absolute atomic E-state index is 10.8. The molecule has 1 amide bonds. The highest BCUT2D eigenvalue weighted by Gasteiger charge is 2.15. The average Bonchev–Trinajstić information content (AvgIpc) is 2.47. The van der Waals surface area contributed by atoms with Crippen molar-refractivity contribution in [2.45, 2.75) is 0 Å². The summed E-state index contributed by atoms with van der Waals surface area (Å²) in [6.45, 7) is 0. The standard InChI is InChI=1S/C7H6N4O/c8-6(12)4-3-11-7-5(4)9-1-2-10-7/h1-3,9H,(H2,8,12). The quantitative estimate of drug-likeness (QED) is 0.619. The number of nitrogens with two attached hydrogens (primary N) is 1. The van der Waals surface area contributed by atoms with E-state index in [4.69, 9.17) is 5.73 Å². The minimum Gasteiger partial charge on any atom is -0.365 e. The molecule has 0 spiro atoms. The molecule has 0 unspecified atom stereocenters. The number of H-pyrrole nitrogens is 1. The van der Waals surface area contributed by atoms with Gasteiger partial charge in [-0.25, -0.2) is 9.97 Å². The Morgan fingerprint density at radius 2 is 2.33 bits per heavy atom. The molecule has 0 saturated heterocycles. The van der Waals surface area contributed by atoms with Crippen LogP contribution in [-0.4, -0.2) is 20.9 Å². The summed E-state index contributed by atoms with van der Waals surface area (Å²) >= 11 is 0. The summed E-state index contributed by atoms with van der Waals surface area (Å²) in [5.74, 6) is 0.00745. The van der Waals surface area contributed by atoms with Crippen molar-refractivity contribution in [2.24, 2.45) is 5.73 Å². The molecule has 5 nitrogen and oxygen atoms in total.